The van der Waals surface area contributed by atoms with Crippen LogP contribution in [0.15, 0.2) is 20.1 Å². The highest BCUT2D eigenvalue weighted by Crippen LogP contribution is 2.26. The highest BCUT2D eigenvalue weighted by atomic mass is 79.9. The lowest BCUT2D eigenvalue weighted by Crippen LogP contribution is -2.26. The number of aliphatic hydroxyl groups excluding tert-OH is 1. The molecular weight excluding hydrogens is 278 g/mol. The third kappa shape index (κ3) is 2.75. The van der Waals surface area contributed by atoms with E-state index in [1.54, 1.807) is 11.4 Å². The highest BCUT2D eigenvalue weighted by Gasteiger charge is 2.17. The van der Waals surface area contributed by atoms with Gasteiger partial charge in [0, 0.05) is 11.0 Å². The monoisotopic (exact) mass is 285 g/mol. The van der Waals surface area contributed by atoms with Crippen molar-refractivity contribution in [1.82, 2.24) is 4.72 Å². The normalized spacial score (nSPS) is 11.8. The van der Waals surface area contributed by atoms with Gasteiger partial charge >= 0.3 is 0 Å². The number of hydrogen-bond donors (Lipinski definition) is 2. The van der Waals surface area contributed by atoms with E-state index >= 15 is 0 Å². The van der Waals surface area contributed by atoms with Crippen LogP contribution in [0.1, 0.15) is 0 Å². The predicted molar refractivity (Wildman–Crippen MR) is 54.3 cm³/mol. The Kier molecular flexibility index (Phi) is 3.87. The first-order valence-electron chi connectivity index (χ1n) is 3.41. The summed E-state index contributed by atoms with van der Waals surface area (Å²) in [5, 5.41) is 10.1. The second-order valence-electron chi connectivity index (χ2n) is 2.18. The van der Waals surface area contributed by atoms with Crippen LogP contribution in [-0.4, -0.2) is 26.7 Å². The van der Waals surface area contributed by atoms with E-state index in [0.29, 0.717) is 4.47 Å². The Morgan fingerprint density at radius 1 is 1.62 bits per heavy atom. The first-order chi connectivity index (χ1) is 6.08. The fourth-order valence-corrected chi connectivity index (χ4v) is 4.12. The van der Waals surface area contributed by atoms with Crippen molar-refractivity contribution in [3.05, 3.63) is 15.9 Å². The number of halogens is 1. The van der Waals surface area contributed by atoms with Gasteiger partial charge in [-0.3, -0.25) is 0 Å². The average Bonchev–Trinajstić information content (AvgIpc) is 2.48. The lowest BCUT2D eigenvalue weighted by atomic mass is 10.7. The first kappa shape index (κ1) is 11.1. The van der Waals surface area contributed by atoms with Gasteiger partial charge in [-0.1, -0.05) is 0 Å². The van der Waals surface area contributed by atoms with Crippen molar-refractivity contribution >= 4 is 37.3 Å². The van der Waals surface area contributed by atoms with Crippen LogP contribution in [0.2, 0.25) is 0 Å². The summed E-state index contributed by atoms with van der Waals surface area (Å²) < 4.78 is 25.9. The molecule has 1 heterocycles. The molecule has 0 aromatic carbocycles. The van der Waals surface area contributed by atoms with E-state index in [1.165, 1.54) is 0 Å². The lowest BCUT2D eigenvalue weighted by molar-refractivity contribution is 0.301. The molecular formula is C6H8BrNO3S2. The first-order valence-corrected chi connectivity index (χ1v) is 6.57. The lowest BCUT2D eigenvalue weighted by Gasteiger charge is -2.02. The fourth-order valence-electron chi connectivity index (χ4n) is 0.717. The van der Waals surface area contributed by atoms with E-state index < -0.39 is 10.0 Å². The van der Waals surface area contributed by atoms with Crippen molar-refractivity contribution in [2.75, 3.05) is 13.2 Å². The van der Waals surface area contributed by atoms with Crippen LogP contribution in [-0.2, 0) is 10.0 Å². The maximum atomic E-state index is 11.4. The number of rotatable bonds is 4. The van der Waals surface area contributed by atoms with Gasteiger partial charge in [-0.25, -0.2) is 13.1 Å². The van der Waals surface area contributed by atoms with Crippen molar-refractivity contribution in [3.8, 4) is 0 Å². The molecule has 0 aliphatic carbocycles. The van der Waals surface area contributed by atoms with Crippen LogP contribution in [0.25, 0.3) is 0 Å². The van der Waals surface area contributed by atoms with Crippen molar-refractivity contribution in [1.29, 1.82) is 0 Å². The van der Waals surface area contributed by atoms with Crippen LogP contribution >= 0.6 is 27.3 Å². The van der Waals surface area contributed by atoms with Gasteiger partial charge in [0.1, 0.15) is 4.21 Å². The van der Waals surface area contributed by atoms with E-state index in [4.69, 9.17) is 5.11 Å². The smallest absolute Gasteiger partial charge is 0.251 e. The van der Waals surface area contributed by atoms with Gasteiger partial charge in [-0.15, -0.1) is 11.3 Å². The molecule has 0 amide bonds. The molecule has 2 N–H and O–H groups in total. The molecule has 1 aromatic rings. The zero-order valence-corrected chi connectivity index (χ0v) is 9.75. The van der Waals surface area contributed by atoms with Crippen molar-refractivity contribution in [2.45, 2.75) is 4.21 Å². The number of sulfonamides is 1. The summed E-state index contributed by atoms with van der Waals surface area (Å²) >= 11 is 4.25. The topological polar surface area (TPSA) is 66.4 Å². The molecule has 0 saturated heterocycles. The molecule has 4 nitrogen and oxygen atoms in total. The van der Waals surface area contributed by atoms with E-state index in [2.05, 4.69) is 20.7 Å². The standard InChI is InChI=1S/C6H8BrNO3S2/c7-5-1-4-12-6(5)13(10,11)8-2-3-9/h1,4,8-9H,2-3H2. The van der Waals surface area contributed by atoms with Gasteiger partial charge in [0.05, 0.1) is 6.61 Å². The average molecular weight is 286 g/mol. The van der Waals surface area contributed by atoms with E-state index in [0.717, 1.165) is 11.3 Å². The number of nitrogens with one attached hydrogen (secondary N) is 1. The summed E-state index contributed by atoms with van der Waals surface area (Å²) in [6, 6.07) is 1.66. The Hall–Kier alpha value is 0.0500. The molecule has 0 aliphatic heterocycles. The maximum absolute atomic E-state index is 11.4. The van der Waals surface area contributed by atoms with E-state index in [-0.39, 0.29) is 17.4 Å². The molecule has 0 saturated carbocycles. The predicted octanol–water partition coefficient (Wildman–Crippen LogP) is 0.781. The minimum absolute atomic E-state index is 0.0344. The van der Waals surface area contributed by atoms with E-state index in [1.807, 2.05) is 0 Å². The summed E-state index contributed by atoms with van der Waals surface area (Å²) in [7, 11) is -3.45. The van der Waals surface area contributed by atoms with Gasteiger partial charge in [0.2, 0.25) is 0 Å². The SMILES string of the molecule is O=S(=O)(NCCO)c1sccc1Br. The number of aliphatic hydroxyl groups is 1. The molecule has 0 radical (unpaired) electrons. The number of thiophene rings is 1. The van der Waals surface area contributed by atoms with Crippen LogP contribution in [0.5, 0.6) is 0 Å². The Labute approximate surface area is 88.8 Å². The molecule has 0 spiro atoms. The molecule has 7 heteroatoms. The summed E-state index contributed by atoms with van der Waals surface area (Å²) in [4.78, 5) is 0. The summed E-state index contributed by atoms with van der Waals surface area (Å²) in [6.45, 7) is -0.172. The van der Waals surface area contributed by atoms with Crippen molar-refractivity contribution in [3.63, 3.8) is 0 Å². The van der Waals surface area contributed by atoms with Gasteiger partial charge in [-0.2, -0.15) is 0 Å². The zero-order valence-electron chi connectivity index (χ0n) is 6.53. The third-order valence-electron chi connectivity index (χ3n) is 1.23. The quantitative estimate of drug-likeness (QED) is 0.859. The molecule has 0 bridgehead atoms. The molecule has 0 aliphatic rings. The van der Waals surface area contributed by atoms with Crippen molar-refractivity contribution < 1.29 is 13.5 Å². The van der Waals surface area contributed by atoms with Crippen LogP contribution in [0.3, 0.4) is 0 Å². The highest BCUT2D eigenvalue weighted by molar-refractivity contribution is 9.10. The minimum Gasteiger partial charge on any atom is -0.395 e. The Bertz CT molecular complexity index is 373. The largest absolute Gasteiger partial charge is 0.395 e. The zero-order chi connectivity index (χ0) is 9.90. The second kappa shape index (κ2) is 4.52. The number of hydrogen-bond acceptors (Lipinski definition) is 4. The van der Waals surface area contributed by atoms with Gasteiger partial charge in [-0.05, 0) is 27.4 Å². The van der Waals surface area contributed by atoms with E-state index in [9.17, 15) is 8.42 Å². The molecule has 0 fully saturated rings. The van der Waals surface area contributed by atoms with Crippen LogP contribution < -0.4 is 4.72 Å². The molecule has 0 unspecified atom stereocenters. The molecule has 0 atom stereocenters. The summed E-state index contributed by atoms with van der Waals surface area (Å²) in [6.07, 6.45) is 0. The third-order valence-corrected chi connectivity index (χ3v) is 5.36. The Morgan fingerprint density at radius 3 is 2.77 bits per heavy atom. The summed E-state index contributed by atoms with van der Waals surface area (Å²) in [5.41, 5.74) is 0. The molecule has 74 valence electrons. The van der Waals surface area contributed by atoms with Gasteiger partial charge in [0.25, 0.3) is 10.0 Å². The van der Waals surface area contributed by atoms with Gasteiger partial charge in [0.15, 0.2) is 0 Å². The molecule has 1 rings (SSSR count). The maximum Gasteiger partial charge on any atom is 0.251 e. The van der Waals surface area contributed by atoms with Crippen molar-refractivity contribution in [2.24, 2.45) is 0 Å². The fraction of sp³-hybridized carbons (Fsp3) is 0.333. The molecule has 13 heavy (non-hydrogen) atoms. The Balaban J connectivity index is 2.88. The summed E-state index contributed by atoms with van der Waals surface area (Å²) in [5.74, 6) is 0. The Morgan fingerprint density at radius 2 is 2.31 bits per heavy atom. The van der Waals surface area contributed by atoms with Crippen LogP contribution in [0.4, 0.5) is 0 Å². The second-order valence-corrected chi connectivity index (χ2v) is 5.91. The molecule has 1 aromatic heterocycles. The van der Waals surface area contributed by atoms with Crippen LogP contribution in [0, 0.1) is 0 Å². The van der Waals surface area contributed by atoms with Gasteiger partial charge < -0.3 is 5.11 Å². The minimum atomic E-state index is -3.45.